The van der Waals surface area contributed by atoms with Crippen LogP contribution < -0.4 is 4.74 Å². The Hall–Kier alpha value is -2.06. The highest BCUT2D eigenvalue weighted by molar-refractivity contribution is 6.49. The number of methoxy groups -OCH3 is 1. The highest BCUT2D eigenvalue weighted by atomic mass is 35.5. The second-order valence-electron chi connectivity index (χ2n) is 3.19. The summed E-state index contributed by atoms with van der Waals surface area (Å²) in [7, 11) is 1.38. The molecule has 0 aliphatic heterocycles. The number of rotatable bonds is 3. The quantitative estimate of drug-likeness (QED) is 0.470. The molecule has 1 aromatic rings. The van der Waals surface area contributed by atoms with E-state index in [1.54, 1.807) is 6.92 Å². The van der Waals surface area contributed by atoms with Gasteiger partial charge in [0.15, 0.2) is 0 Å². The zero-order valence-corrected chi connectivity index (χ0v) is 9.99. The molecule has 0 aliphatic rings. The Morgan fingerprint density at radius 3 is 2.71 bits per heavy atom. The molecule has 0 aromatic heterocycles. The Morgan fingerprint density at radius 1 is 1.59 bits per heavy atom. The van der Waals surface area contributed by atoms with Crippen molar-refractivity contribution >= 4 is 22.3 Å². The number of nitriles is 1. The van der Waals surface area contributed by atoms with E-state index in [4.69, 9.17) is 21.6 Å². The molecule has 1 rings (SSSR count). The summed E-state index contributed by atoms with van der Waals surface area (Å²) < 4.78 is 5.02. The monoisotopic (exact) mass is 252 g/mol. The Labute approximate surface area is 103 Å². The number of ether oxygens (including phenoxy) is 1. The normalized spacial score (nSPS) is 11.4. The summed E-state index contributed by atoms with van der Waals surface area (Å²) in [6.45, 7) is 1.56. The van der Waals surface area contributed by atoms with Crippen LogP contribution in [-0.4, -0.2) is 12.0 Å². The third-order valence-corrected chi connectivity index (χ3v) is 2.62. The molecule has 1 aromatic carbocycles. The van der Waals surface area contributed by atoms with E-state index in [-0.39, 0.29) is 16.5 Å². The van der Waals surface area contributed by atoms with Gasteiger partial charge < -0.3 is 4.74 Å². The molecule has 5 nitrogen and oxygen atoms in total. The van der Waals surface area contributed by atoms with Gasteiger partial charge in [-0.1, -0.05) is 11.6 Å². The second-order valence-corrected chi connectivity index (χ2v) is 3.57. The highest BCUT2D eigenvalue weighted by Gasteiger charge is 2.14. The van der Waals surface area contributed by atoms with Crippen LogP contribution in [-0.2, 0) is 0 Å². The van der Waals surface area contributed by atoms with Crippen LogP contribution in [0.3, 0.4) is 0 Å². The van der Waals surface area contributed by atoms with Crippen molar-refractivity contribution in [3.8, 4) is 11.8 Å². The average Bonchev–Trinajstić information content (AvgIpc) is 2.35. The van der Waals surface area contributed by atoms with Crippen LogP contribution in [0.15, 0.2) is 23.8 Å². The fraction of sp³-hybridized carbons (Fsp3) is 0.182. The van der Waals surface area contributed by atoms with E-state index in [1.807, 2.05) is 6.07 Å². The SMILES string of the molecule is COc1cc([N+](=O)[O-])ccc1/C(Cl)=C(/C)C#N. The summed E-state index contributed by atoms with van der Waals surface area (Å²) in [5.74, 6) is 0.263. The van der Waals surface area contributed by atoms with Crippen LogP contribution in [0.25, 0.3) is 5.03 Å². The van der Waals surface area contributed by atoms with Gasteiger partial charge >= 0.3 is 0 Å². The number of nitro benzene ring substituents is 1. The first kappa shape index (κ1) is 13.0. The first-order chi connectivity index (χ1) is 8.01. The van der Waals surface area contributed by atoms with Crippen molar-refractivity contribution in [1.29, 1.82) is 5.26 Å². The van der Waals surface area contributed by atoms with Gasteiger partial charge in [0, 0.05) is 17.2 Å². The van der Waals surface area contributed by atoms with Crippen molar-refractivity contribution in [2.45, 2.75) is 6.92 Å². The number of benzene rings is 1. The van der Waals surface area contributed by atoms with Gasteiger partial charge in [0.05, 0.1) is 29.2 Å². The Bertz CT molecular complexity index is 532. The zero-order chi connectivity index (χ0) is 13.0. The standard InChI is InChI=1S/C11H9ClN2O3/c1-7(6-13)11(12)9-4-3-8(14(15)16)5-10(9)17-2/h3-5H,1-2H3/b11-7+. The van der Waals surface area contributed by atoms with Crippen molar-refractivity contribution in [3.05, 3.63) is 39.4 Å². The maximum absolute atomic E-state index is 10.6. The zero-order valence-electron chi connectivity index (χ0n) is 9.23. The lowest BCUT2D eigenvalue weighted by atomic mass is 10.1. The van der Waals surface area contributed by atoms with Gasteiger partial charge in [0.25, 0.3) is 5.69 Å². The van der Waals surface area contributed by atoms with E-state index < -0.39 is 4.92 Å². The van der Waals surface area contributed by atoms with E-state index in [0.29, 0.717) is 11.1 Å². The molecule has 6 heteroatoms. The summed E-state index contributed by atoms with van der Waals surface area (Å²) in [5, 5.41) is 19.5. The fourth-order valence-electron chi connectivity index (χ4n) is 1.23. The summed E-state index contributed by atoms with van der Waals surface area (Å²) in [6, 6.07) is 5.95. The predicted molar refractivity (Wildman–Crippen MR) is 63.7 cm³/mol. The molecular weight excluding hydrogens is 244 g/mol. The van der Waals surface area contributed by atoms with Gasteiger partial charge in [-0.2, -0.15) is 5.26 Å². The summed E-state index contributed by atoms with van der Waals surface area (Å²) in [6.07, 6.45) is 0. The van der Waals surface area contributed by atoms with Crippen molar-refractivity contribution in [2.24, 2.45) is 0 Å². The molecule has 0 heterocycles. The van der Waals surface area contributed by atoms with Crippen LogP contribution in [0.1, 0.15) is 12.5 Å². The molecule has 0 aliphatic carbocycles. The molecule has 0 saturated carbocycles. The Balaban J connectivity index is 3.38. The van der Waals surface area contributed by atoms with Crippen molar-refractivity contribution in [2.75, 3.05) is 7.11 Å². The molecule has 0 saturated heterocycles. The fourth-order valence-corrected chi connectivity index (χ4v) is 1.42. The molecule has 17 heavy (non-hydrogen) atoms. The molecule has 0 amide bonds. The third-order valence-electron chi connectivity index (χ3n) is 2.13. The van der Waals surface area contributed by atoms with Gasteiger partial charge in [0.2, 0.25) is 0 Å². The van der Waals surface area contributed by atoms with Gasteiger partial charge in [-0.25, -0.2) is 0 Å². The predicted octanol–water partition coefficient (Wildman–Crippen LogP) is 3.10. The maximum Gasteiger partial charge on any atom is 0.273 e. The van der Waals surface area contributed by atoms with Crippen molar-refractivity contribution < 1.29 is 9.66 Å². The smallest absolute Gasteiger partial charge is 0.273 e. The van der Waals surface area contributed by atoms with E-state index in [0.717, 1.165) is 0 Å². The maximum atomic E-state index is 10.6. The van der Waals surface area contributed by atoms with Crippen molar-refractivity contribution in [1.82, 2.24) is 0 Å². The van der Waals surface area contributed by atoms with Gasteiger partial charge in [-0.3, -0.25) is 10.1 Å². The van der Waals surface area contributed by atoms with Gasteiger partial charge in [-0.15, -0.1) is 0 Å². The third kappa shape index (κ3) is 2.74. The summed E-state index contributed by atoms with van der Waals surface area (Å²) >= 11 is 5.98. The van der Waals surface area contributed by atoms with Crippen LogP contribution in [0.2, 0.25) is 0 Å². The largest absolute Gasteiger partial charge is 0.496 e. The molecule has 0 bridgehead atoms. The van der Waals surface area contributed by atoms with Gasteiger partial charge in [-0.05, 0) is 13.0 Å². The molecule has 0 N–H and O–H groups in total. The summed E-state index contributed by atoms with van der Waals surface area (Å²) in [5.41, 5.74) is 0.683. The topological polar surface area (TPSA) is 76.2 Å². The number of nitrogens with zero attached hydrogens (tertiary/aromatic N) is 2. The van der Waals surface area contributed by atoms with E-state index in [2.05, 4.69) is 0 Å². The number of halogens is 1. The number of nitro groups is 1. The molecular formula is C11H9ClN2O3. The van der Waals surface area contributed by atoms with Crippen LogP contribution >= 0.6 is 11.6 Å². The molecule has 0 atom stereocenters. The molecule has 0 fully saturated rings. The van der Waals surface area contributed by atoms with E-state index in [9.17, 15) is 10.1 Å². The van der Waals surface area contributed by atoms with E-state index in [1.165, 1.54) is 25.3 Å². The average molecular weight is 253 g/mol. The number of allylic oxidation sites excluding steroid dienone is 1. The van der Waals surface area contributed by atoms with Crippen LogP contribution in [0, 0.1) is 21.4 Å². The van der Waals surface area contributed by atoms with Gasteiger partial charge in [0.1, 0.15) is 5.75 Å². The number of non-ortho nitro benzene ring substituents is 1. The van der Waals surface area contributed by atoms with Crippen LogP contribution in [0.5, 0.6) is 5.75 Å². The van der Waals surface area contributed by atoms with Crippen LogP contribution in [0.4, 0.5) is 5.69 Å². The highest BCUT2D eigenvalue weighted by Crippen LogP contribution is 2.33. The minimum absolute atomic E-state index is 0.0929. The lowest BCUT2D eigenvalue weighted by Crippen LogP contribution is -1.94. The second kappa shape index (κ2) is 5.32. The molecule has 0 radical (unpaired) electrons. The minimum atomic E-state index is -0.527. The lowest BCUT2D eigenvalue weighted by Gasteiger charge is -2.07. The summed E-state index contributed by atoms with van der Waals surface area (Å²) in [4.78, 5) is 10.1. The molecule has 0 spiro atoms. The Kier molecular flexibility index (Phi) is 4.07. The first-order valence-electron chi connectivity index (χ1n) is 4.60. The number of hydrogen-bond acceptors (Lipinski definition) is 4. The minimum Gasteiger partial charge on any atom is -0.496 e. The Morgan fingerprint density at radius 2 is 2.24 bits per heavy atom. The first-order valence-corrected chi connectivity index (χ1v) is 4.98. The van der Waals surface area contributed by atoms with E-state index >= 15 is 0 Å². The molecule has 0 unspecified atom stereocenters. The van der Waals surface area contributed by atoms with Crippen molar-refractivity contribution in [3.63, 3.8) is 0 Å². The lowest BCUT2D eigenvalue weighted by molar-refractivity contribution is -0.384. The number of hydrogen-bond donors (Lipinski definition) is 0. The molecule has 88 valence electrons.